The molecule has 4 nitrogen and oxygen atoms in total. The summed E-state index contributed by atoms with van der Waals surface area (Å²) in [6.45, 7) is 1.03. The fourth-order valence-corrected chi connectivity index (χ4v) is 1.91. The summed E-state index contributed by atoms with van der Waals surface area (Å²) in [5.74, 6) is 1.67. The lowest BCUT2D eigenvalue weighted by Gasteiger charge is -2.35. The van der Waals surface area contributed by atoms with Crippen molar-refractivity contribution >= 4 is 5.82 Å². The SMILES string of the molecule is CN(CC1CC(N)C1)c1cccnn1. The van der Waals surface area contributed by atoms with Crippen molar-refractivity contribution in [3.05, 3.63) is 18.3 Å². The van der Waals surface area contributed by atoms with Crippen LogP contribution in [0, 0.1) is 5.92 Å². The fraction of sp³-hybridized carbons (Fsp3) is 0.600. The Hall–Kier alpha value is -1.16. The lowest BCUT2D eigenvalue weighted by atomic mass is 9.81. The van der Waals surface area contributed by atoms with Gasteiger partial charge in [0, 0.05) is 25.8 Å². The monoisotopic (exact) mass is 192 g/mol. The molecule has 1 saturated carbocycles. The maximum Gasteiger partial charge on any atom is 0.150 e. The highest BCUT2D eigenvalue weighted by Gasteiger charge is 2.26. The second-order valence-electron chi connectivity index (χ2n) is 4.06. The molecule has 1 aliphatic carbocycles. The molecule has 1 fully saturated rings. The highest BCUT2D eigenvalue weighted by molar-refractivity contribution is 5.35. The summed E-state index contributed by atoms with van der Waals surface area (Å²) < 4.78 is 0. The molecule has 0 spiro atoms. The first-order chi connectivity index (χ1) is 6.75. The predicted octanol–water partition coefficient (Wildman–Crippen LogP) is 0.650. The Morgan fingerprint density at radius 3 is 2.93 bits per heavy atom. The minimum atomic E-state index is 0.426. The van der Waals surface area contributed by atoms with Gasteiger partial charge in [0.2, 0.25) is 0 Å². The number of hydrogen-bond acceptors (Lipinski definition) is 4. The van der Waals surface area contributed by atoms with E-state index < -0.39 is 0 Å². The lowest BCUT2D eigenvalue weighted by Crippen LogP contribution is -2.42. The highest BCUT2D eigenvalue weighted by atomic mass is 15.2. The van der Waals surface area contributed by atoms with Crippen LogP contribution in [-0.4, -0.2) is 29.8 Å². The van der Waals surface area contributed by atoms with Crippen LogP contribution >= 0.6 is 0 Å². The molecule has 0 amide bonds. The van der Waals surface area contributed by atoms with Crippen molar-refractivity contribution in [3.8, 4) is 0 Å². The van der Waals surface area contributed by atoms with Crippen LogP contribution in [0.25, 0.3) is 0 Å². The maximum atomic E-state index is 5.74. The van der Waals surface area contributed by atoms with E-state index in [4.69, 9.17) is 5.73 Å². The Labute approximate surface area is 84.1 Å². The van der Waals surface area contributed by atoms with Crippen molar-refractivity contribution < 1.29 is 0 Å². The summed E-state index contributed by atoms with van der Waals surface area (Å²) >= 11 is 0. The maximum absolute atomic E-state index is 5.74. The minimum Gasteiger partial charge on any atom is -0.358 e. The molecule has 1 heterocycles. The Morgan fingerprint density at radius 2 is 2.36 bits per heavy atom. The van der Waals surface area contributed by atoms with E-state index in [1.165, 1.54) is 0 Å². The van der Waals surface area contributed by atoms with Gasteiger partial charge in [-0.1, -0.05) is 0 Å². The molecule has 76 valence electrons. The Balaban J connectivity index is 1.87. The first-order valence-electron chi connectivity index (χ1n) is 5.00. The molecule has 4 heteroatoms. The Morgan fingerprint density at radius 1 is 1.57 bits per heavy atom. The largest absolute Gasteiger partial charge is 0.358 e. The van der Waals surface area contributed by atoms with Crippen LogP contribution in [0.4, 0.5) is 5.82 Å². The van der Waals surface area contributed by atoms with Crippen molar-refractivity contribution in [1.29, 1.82) is 0 Å². The summed E-state index contributed by atoms with van der Waals surface area (Å²) in [5, 5.41) is 7.91. The molecule has 2 rings (SSSR count). The summed E-state index contributed by atoms with van der Waals surface area (Å²) in [6.07, 6.45) is 3.98. The molecule has 1 aromatic heterocycles. The average Bonchev–Trinajstić information content (AvgIpc) is 2.17. The van der Waals surface area contributed by atoms with Gasteiger partial charge >= 0.3 is 0 Å². The summed E-state index contributed by atoms with van der Waals surface area (Å²) in [6, 6.07) is 4.31. The molecule has 0 aromatic carbocycles. The number of nitrogens with zero attached hydrogens (tertiary/aromatic N) is 3. The first-order valence-corrected chi connectivity index (χ1v) is 5.00. The van der Waals surface area contributed by atoms with Gasteiger partial charge in [-0.25, -0.2) is 0 Å². The van der Waals surface area contributed by atoms with E-state index in [9.17, 15) is 0 Å². The van der Waals surface area contributed by atoms with E-state index in [-0.39, 0.29) is 0 Å². The molecule has 14 heavy (non-hydrogen) atoms. The highest BCUT2D eigenvalue weighted by Crippen LogP contribution is 2.26. The van der Waals surface area contributed by atoms with Gasteiger partial charge < -0.3 is 10.6 Å². The number of nitrogens with two attached hydrogens (primary N) is 1. The van der Waals surface area contributed by atoms with Crippen molar-refractivity contribution in [3.63, 3.8) is 0 Å². The molecule has 2 N–H and O–H groups in total. The van der Waals surface area contributed by atoms with Crippen LogP contribution in [0.15, 0.2) is 18.3 Å². The van der Waals surface area contributed by atoms with Crippen molar-refractivity contribution in [2.75, 3.05) is 18.5 Å². The molecule has 1 aromatic rings. The van der Waals surface area contributed by atoms with Gasteiger partial charge in [-0.15, -0.1) is 5.10 Å². The van der Waals surface area contributed by atoms with Crippen molar-refractivity contribution in [2.24, 2.45) is 11.7 Å². The topological polar surface area (TPSA) is 55.0 Å². The van der Waals surface area contributed by atoms with Crippen LogP contribution in [0.5, 0.6) is 0 Å². The third-order valence-corrected chi connectivity index (χ3v) is 2.75. The molecule has 0 aliphatic heterocycles. The Bertz CT molecular complexity index is 281. The van der Waals surface area contributed by atoms with Crippen LogP contribution in [-0.2, 0) is 0 Å². The van der Waals surface area contributed by atoms with Gasteiger partial charge in [0.25, 0.3) is 0 Å². The van der Waals surface area contributed by atoms with Crippen molar-refractivity contribution in [2.45, 2.75) is 18.9 Å². The van der Waals surface area contributed by atoms with Gasteiger partial charge in [0.15, 0.2) is 5.82 Å². The summed E-state index contributed by atoms with van der Waals surface area (Å²) in [5.41, 5.74) is 5.74. The molecular weight excluding hydrogens is 176 g/mol. The number of hydrogen-bond donors (Lipinski definition) is 1. The molecule has 1 aliphatic rings. The minimum absolute atomic E-state index is 0.426. The Kier molecular flexibility index (Phi) is 2.63. The standard InChI is InChI=1S/C10H16N4/c1-14(7-8-5-9(11)6-8)10-3-2-4-12-13-10/h2-4,8-9H,5-7,11H2,1H3. The zero-order valence-corrected chi connectivity index (χ0v) is 8.43. The van der Waals surface area contributed by atoms with Gasteiger partial charge in [-0.3, -0.25) is 0 Å². The number of anilines is 1. The molecule has 0 unspecified atom stereocenters. The van der Waals surface area contributed by atoms with Gasteiger partial charge in [-0.2, -0.15) is 5.10 Å². The molecular formula is C10H16N4. The predicted molar refractivity (Wildman–Crippen MR) is 56.0 cm³/mol. The zero-order chi connectivity index (χ0) is 9.97. The quantitative estimate of drug-likeness (QED) is 0.764. The second kappa shape index (κ2) is 3.92. The third kappa shape index (κ3) is 2.01. The van der Waals surface area contributed by atoms with E-state index in [1.54, 1.807) is 6.20 Å². The van der Waals surface area contributed by atoms with Crippen LogP contribution in [0.2, 0.25) is 0 Å². The summed E-state index contributed by atoms with van der Waals surface area (Å²) in [4.78, 5) is 2.14. The lowest BCUT2D eigenvalue weighted by molar-refractivity contribution is 0.270. The number of aromatic nitrogens is 2. The average molecular weight is 192 g/mol. The molecule has 0 radical (unpaired) electrons. The smallest absolute Gasteiger partial charge is 0.150 e. The second-order valence-corrected chi connectivity index (χ2v) is 4.06. The van der Waals surface area contributed by atoms with Gasteiger partial charge in [0.1, 0.15) is 0 Å². The third-order valence-electron chi connectivity index (χ3n) is 2.75. The van der Waals surface area contributed by atoms with E-state index in [2.05, 4.69) is 15.1 Å². The fourth-order valence-electron chi connectivity index (χ4n) is 1.91. The molecule has 0 atom stereocenters. The van der Waals surface area contributed by atoms with Crippen LogP contribution in [0.1, 0.15) is 12.8 Å². The van der Waals surface area contributed by atoms with Crippen molar-refractivity contribution in [1.82, 2.24) is 10.2 Å². The normalized spacial score (nSPS) is 25.6. The van der Waals surface area contributed by atoms with Crippen LogP contribution < -0.4 is 10.6 Å². The van der Waals surface area contributed by atoms with Gasteiger partial charge in [-0.05, 0) is 30.9 Å². The van der Waals surface area contributed by atoms with E-state index in [1.807, 2.05) is 19.2 Å². The van der Waals surface area contributed by atoms with Gasteiger partial charge in [0.05, 0.1) is 0 Å². The molecule has 0 bridgehead atoms. The van der Waals surface area contributed by atoms with E-state index in [0.29, 0.717) is 6.04 Å². The zero-order valence-electron chi connectivity index (χ0n) is 8.43. The first kappa shape index (κ1) is 9.40. The van der Waals surface area contributed by atoms with E-state index >= 15 is 0 Å². The van der Waals surface area contributed by atoms with E-state index in [0.717, 1.165) is 31.1 Å². The molecule has 0 saturated heterocycles. The van der Waals surface area contributed by atoms with Crippen LogP contribution in [0.3, 0.4) is 0 Å². The number of rotatable bonds is 3. The summed E-state index contributed by atoms with van der Waals surface area (Å²) in [7, 11) is 2.05.